The number of nitrogens with one attached hydrogen (secondary N) is 1. The van der Waals surface area contributed by atoms with E-state index in [9.17, 15) is 14.7 Å². The molecule has 2 aromatic carbocycles. The van der Waals surface area contributed by atoms with E-state index in [0.717, 1.165) is 34.0 Å². The summed E-state index contributed by atoms with van der Waals surface area (Å²) in [6, 6.07) is 20.1. The Bertz CT molecular complexity index is 1370. The number of amides is 2. The van der Waals surface area contributed by atoms with Crippen molar-refractivity contribution in [3.05, 3.63) is 89.0 Å². The molecule has 4 aromatic rings. The molecule has 188 valence electrons. The van der Waals surface area contributed by atoms with Crippen LogP contribution in [0.15, 0.2) is 83.3 Å². The maximum absolute atomic E-state index is 13.0. The maximum atomic E-state index is 13.0. The Morgan fingerprint density at radius 2 is 1.78 bits per heavy atom. The molecule has 37 heavy (non-hydrogen) atoms. The van der Waals surface area contributed by atoms with Gasteiger partial charge in [-0.3, -0.25) is 9.59 Å². The number of para-hydroxylation sites is 1. The van der Waals surface area contributed by atoms with Gasteiger partial charge in [-0.25, -0.2) is 9.97 Å². The van der Waals surface area contributed by atoms with Crippen LogP contribution < -0.4 is 5.32 Å². The molecule has 2 aromatic heterocycles. The van der Waals surface area contributed by atoms with Gasteiger partial charge in [-0.2, -0.15) is 0 Å². The number of benzene rings is 2. The van der Waals surface area contributed by atoms with Crippen molar-refractivity contribution in [3.8, 4) is 16.9 Å². The van der Waals surface area contributed by atoms with Crippen LogP contribution in [-0.4, -0.2) is 50.6 Å². The maximum Gasteiger partial charge on any atom is 0.275 e. The average Bonchev–Trinajstić information content (AvgIpc) is 3.44. The molecule has 9 heteroatoms. The summed E-state index contributed by atoms with van der Waals surface area (Å²) in [4.78, 5) is 36.5. The molecule has 0 saturated carbocycles. The van der Waals surface area contributed by atoms with Gasteiger partial charge in [0.05, 0.1) is 15.8 Å². The molecule has 5 rings (SSSR count). The summed E-state index contributed by atoms with van der Waals surface area (Å²) < 4.78 is 0. The molecule has 2 amide bonds. The summed E-state index contributed by atoms with van der Waals surface area (Å²) in [6.45, 7) is 1.38. The predicted molar refractivity (Wildman–Crippen MR) is 147 cm³/mol. The van der Waals surface area contributed by atoms with Gasteiger partial charge in [0.25, 0.3) is 5.91 Å². The van der Waals surface area contributed by atoms with Crippen LogP contribution in [0.5, 0.6) is 5.75 Å². The minimum absolute atomic E-state index is 0.126. The first-order chi connectivity index (χ1) is 18.1. The molecule has 1 fully saturated rings. The number of carbonyl (C=O) groups is 2. The zero-order chi connectivity index (χ0) is 25.6. The van der Waals surface area contributed by atoms with Crippen LogP contribution in [0.1, 0.15) is 34.3 Å². The lowest BCUT2D eigenvalue weighted by Crippen LogP contribution is -2.38. The number of hydrogen-bond acceptors (Lipinski definition) is 7. The van der Waals surface area contributed by atoms with Gasteiger partial charge in [-0.05, 0) is 48.7 Å². The van der Waals surface area contributed by atoms with Crippen LogP contribution in [0.2, 0.25) is 0 Å². The fraction of sp³-hybridized carbons (Fsp3) is 0.214. The second-order valence-corrected chi connectivity index (χ2v) is 10.6. The molecular formula is C28H26N4O3S2. The van der Waals surface area contributed by atoms with Gasteiger partial charge in [0.2, 0.25) is 5.91 Å². The number of phenols is 1. The largest absolute Gasteiger partial charge is 0.508 e. The van der Waals surface area contributed by atoms with Crippen LogP contribution in [0.25, 0.3) is 11.1 Å². The van der Waals surface area contributed by atoms with Crippen molar-refractivity contribution in [1.82, 2.24) is 14.9 Å². The van der Waals surface area contributed by atoms with E-state index in [4.69, 9.17) is 0 Å². The van der Waals surface area contributed by atoms with Crippen molar-refractivity contribution in [3.63, 3.8) is 0 Å². The average molecular weight is 531 g/mol. The number of pyridine rings is 1. The standard InChI is InChI=1S/C28H26N4O3S2/c33-21-10-8-19(9-11-21)22-5-1-2-6-23(22)30-27(35)24-17-37-28(31-24)20-12-15-32(16-13-20)26(34)18-36-25-7-3-4-14-29-25/h1-11,14,17,20,33H,12-13,15-16,18H2,(H,30,35). The van der Waals surface area contributed by atoms with Crippen LogP contribution in [0.4, 0.5) is 5.69 Å². The zero-order valence-corrected chi connectivity index (χ0v) is 21.7. The Morgan fingerprint density at radius 1 is 1.03 bits per heavy atom. The van der Waals surface area contributed by atoms with E-state index in [1.165, 1.54) is 23.1 Å². The van der Waals surface area contributed by atoms with E-state index >= 15 is 0 Å². The molecular weight excluding hydrogens is 504 g/mol. The van der Waals surface area contributed by atoms with Gasteiger partial charge in [-0.1, -0.05) is 48.2 Å². The highest BCUT2D eigenvalue weighted by Gasteiger charge is 2.26. The Morgan fingerprint density at radius 3 is 2.54 bits per heavy atom. The predicted octanol–water partition coefficient (Wildman–Crippen LogP) is 5.66. The second kappa shape index (κ2) is 11.6. The number of anilines is 1. The quantitative estimate of drug-likeness (QED) is 0.299. The Hall–Kier alpha value is -3.69. The van der Waals surface area contributed by atoms with E-state index in [0.29, 0.717) is 30.2 Å². The summed E-state index contributed by atoms with van der Waals surface area (Å²) >= 11 is 2.96. The summed E-state index contributed by atoms with van der Waals surface area (Å²) in [7, 11) is 0. The number of rotatable bonds is 7. The zero-order valence-electron chi connectivity index (χ0n) is 20.0. The SMILES string of the molecule is O=C(Nc1ccccc1-c1ccc(O)cc1)c1csc(C2CCN(C(=O)CSc3ccccn3)CC2)n1. The van der Waals surface area contributed by atoms with E-state index in [1.807, 2.05) is 59.5 Å². The highest BCUT2D eigenvalue weighted by atomic mass is 32.2. The van der Waals surface area contributed by atoms with Crippen molar-refractivity contribution in [2.45, 2.75) is 23.8 Å². The van der Waals surface area contributed by atoms with Gasteiger partial charge in [-0.15, -0.1) is 11.3 Å². The molecule has 3 heterocycles. The fourth-order valence-corrected chi connectivity index (χ4v) is 6.02. The third kappa shape index (κ3) is 6.18. The Kier molecular flexibility index (Phi) is 7.82. The van der Waals surface area contributed by atoms with Crippen LogP contribution >= 0.6 is 23.1 Å². The van der Waals surface area contributed by atoms with Crippen LogP contribution in [-0.2, 0) is 4.79 Å². The molecule has 0 aliphatic carbocycles. The molecule has 1 saturated heterocycles. The van der Waals surface area contributed by atoms with Gasteiger partial charge >= 0.3 is 0 Å². The minimum atomic E-state index is -0.257. The van der Waals surface area contributed by atoms with Crippen LogP contribution in [0, 0.1) is 0 Å². The molecule has 0 unspecified atom stereocenters. The van der Waals surface area contributed by atoms with Gasteiger partial charge in [0, 0.05) is 41.8 Å². The number of aromatic nitrogens is 2. The second-order valence-electron chi connectivity index (χ2n) is 8.73. The third-order valence-electron chi connectivity index (χ3n) is 6.29. The lowest BCUT2D eigenvalue weighted by atomic mass is 9.97. The van der Waals surface area contributed by atoms with Crippen LogP contribution in [0.3, 0.4) is 0 Å². The number of hydrogen-bond donors (Lipinski definition) is 2. The molecule has 0 radical (unpaired) electrons. The van der Waals surface area contributed by atoms with E-state index in [2.05, 4.69) is 15.3 Å². The third-order valence-corrected chi connectivity index (χ3v) is 8.22. The first-order valence-electron chi connectivity index (χ1n) is 12.0. The topological polar surface area (TPSA) is 95.4 Å². The van der Waals surface area contributed by atoms with Crippen molar-refractivity contribution in [1.29, 1.82) is 0 Å². The lowest BCUT2D eigenvalue weighted by Gasteiger charge is -2.31. The highest BCUT2D eigenvalue weighted by molar-refractivity contribution is 7.99. The number of piperidine rings is 1. The highest BCUT2D eigenvalue weighted by Crippen LogP contribution is 2.32. The van der Waals surface area contributed by atoms with Crippen molar-refractivity contribution < 1.29 is 14.7 Å². The monoisotopic (exact) mass is 530 g/mol. The number of aromatic hydroxyl groups is 1. The first-order valence-corrected chi connectivity index (χ1v) is 13.9. The number of phenolic OH excluding ortho intramolecular Hbond substituents is 1. The number of thiazole rings is 1. The summed E-state index contributed by atoms with van der Waals surface area (Å²) in [6.07, 6.45) is 3.39. The van der Waals surface area contributed by atoms with Crippen molar-refractivity contribution in [2.24, 2.45) is 0 Å². The molecule has 0 atom stereocenters. The molecule has 1 aliphatic rings. The number of thioether (sulfide) groups is 1. The van der Waals surface area contributed by atoms with E-state index in [-0.39, 0.29) is 23.5 Å². The van der Waals surface area contributed by atoms with Crippen molar-refractivity contribution >= 4 is 40.6 Å². The summed E-state index contributed by atoms with van der Waals surface area (Å²) in [5, 5.41) is 16.2. The molecule has 2 N–H and O–H groups in total. The number of nitrogens with zero attached hydrogens (tertiary/aromatic N) is 3. The van der Waals surface area contributed by atoms with Gasteiger partial charge in [0.1, 0.15) is 11.4 Å². The van der Waals surface area contributed by atoms with E-state index in [1.54, 1.807) is 23.7 Å². The summed E-state index contributed by atoms with van der Waals surface area (Å²) in [5.74, 6) is 0.685. The Balaban J connectivity index is 1.17. The van der Waals surface area contributed by atoms with Gasteiger partial charge in [0.15, 0.2) is 0 Å². The summed E-state index contributed by atoms with van der Waals surface area (Å²) in [5.41, 5.74) is 2.84. The Labute approximate surface area is 223 Å². The number of likely N-dealkylation sites (tertiary alicyclic amines) is 1. The number of carbonyl (C=O) groups excluding carboxylic acids is 2. The normalized spacial score (nSPS) is 13.9. The van der Waals surface area contributed by atoms with Crippen molar-refractivity contribution in [2.75, 3.05) is 24.2 Å². The van der Waals surface area contributed by atoms with Gasteiger partial charge < -0.3 is 15.3 Å². The smallest absolute Gasteiger partial charge is 0.275 e. The molecule has 0 spiro atoms. The lowest BCUT2D eigenvalue weighted by molar-refractivity contribution is -0.129. The fourth-order valence-electron chi connectivity index (χ4n) is 4.29. The molecule has 0 bridgehead atoms. The minimum Gasteiger partial charge on any atom is -0.508 e. The van der Waals surface area contributed by atoms with E-state index < -0.39 is 0 Å². The molecule has 1 aliphatic heterocycles. The molecule has 7 nitrogen and oxygen atoms in total. The first kappa shape index (κ1) is 25.0.